The Balaban J connectivity index is 4.04. The van der Waals surface area contributed by atoms with E-state index in [0.29, 0.717) is 6.42 Å². The van der Waals surface area contributed by atoms with Crippen LogP contribution in [0.5, 0.6) is 0 Å². The molecule has 0 aromatic carbocycles. The van der Waals surface area contributed by atoms with Crippen LogP contribution in [0.2, 0.25) is 0 Å². The molecule has 0 aliphatic heterocycles. The average Bonchev–Trinajstić information content (AvgIpc) is 2.14. The Hall–Kier alpha value is -0.780. The summed E-state index contributed by atoms with van der Waals surface area (Å²) in [7, 11) is 0. The quantitative estimate of drug-likeness (QED) is 0.745. The molecule has 6 heteroatoms. The molecule has 3 N–H and O–H groups in total. The molecule has 0 radical (unpaired) electrons. The maximum Gasteiger partial charge on any atom is 0.390 e. The van der Waals surface area contributed by atoms with E-state index in [2.05, 4.69) is 5.32 Å². The summed E-state index contributed by atoms with van der Waals surface area (Å²) in [6.45, 7) is 3.14. The molecule has 0 aromatic rings. The largest absolute Gasteiger partial charge is 0.390 e. The number of halogens is 3. The van der Waals surface area contributed by atoms with Crippen molar-refractivity contribution in [3.8, 4) is 0 Å². The Kier molecular flexibility index (Phi) is 5.07. The van der Waals surface area contributed by atoms with Crippen LogP contribution in [-0.4, -0.2) is 25.2 Å². The highest BCUT2D eigenvalue weighted by atomic mass is 19.4. The van der Waals surface area contributed by atoms with Crippen molar-refractivity contribution in [2.24, 2.45) is 11.1 Å². The Bertz CT molecular complexity index is 212. The van der Waals surface area contributed by atoms with E-state index in [1.54, 1.807) is 13.8 Å². The molecule has 0 heterocycles. The standard InChI is InChI=1S/C9H17F3N2O/c1-3-8(2,6-13)7(15)14-5-4-9(10,11)12/h3-6,13H2,1-2H3,(H,14,15). The minimum Gasteiger partial charge on any atom is -0.355 e. The number of alkyl halides is 3. The molecule has 1 unspecified atom stereocenters. The second-order valence-corrected chi connectivity index (χ2v) is 3.74. The van der Waals surface area contributed by atoms with Gasteiger partial charge in [-0.3, -0.25) is 4.79 Å². The second-order valence-electron chi connectivity index (χ2n) is 3.74. The van der Waals surface area contributed by atoms with Crippen molar-refractivity contribution in [1.29, 1.82) is 0 Å². The molecule has 15 heavy (non-hydrogen) atoms. The molecular weight excluding hydrogens is 209 g/mol. The lowest BCUT2D eigenvalue weighted by atomic mass is 9.87. The van der Waals surface area contributed by atoms with Crippen molar-refractivity contribution in [2.75, 3.05) is 13.1 Å². The number of carbonyl (C=O) groups excluding carboxylic acids is 1. The molecular formula is C9H17F3N2O. The molecule has 0 saturated heterocycles. The Morgan fingerprint density at radius 1 is 1.40 bits per heavy atom. The monoisotopic (exact) mass is 226 g/mol. The molecule has 3 nitrogen and oxygen atoms in total. The van der Waals surface area contributed by atoms with Gasteiger partial charge in [0.15, 0.2) is 0 Å². The van der Waals surface area contributed by atoms with Crippen LogP contribution in [-0.2, 0) is 4.79 Å². The SMILES string of the molecule is CCC(C)(CN)C(=O)NCCC(F)(F)F. The third-order valence-electron chi connectivity index (χ3n) is 2.47. The molecule has 0 spiro atoms. The molecule has 0 aliphatic carbocycles. The van der Waals surface area contributed by atoms with Gasteiger partial charge in [-0.05, 0) is 13.3 Å². The van der Waals surface area contributed by atoms with E-state index in [1.165, 1.54) is 0 Å². The van der Waals surface area contributed by atoms with E-state index in [0.717, 1.165) is 0 Å². The Labute approximate surface area is 87.2 Å². The smallest absolute Gasteiger partial charge is 0.355 e. The van der Waals surface area contributed by atoms with E-state index in [-0.39, 0.29) is 6.54 Å². The Morgan fingerprint density at radius 2 is 1.93 bits per heavy atom. The fraction of sp³-hybridized carbons (Fsp3) is 0.889. The molecule has 0 rings (SSSR count). The molecule has 0 aromatic heterocycles. The third-order valence-corrected chi connectivity index (χ3v) is 2.47. The minimum absolute atomic E-state index is 0.126. The Morgan fingerprint density at radius 3 is 2.27 bits per heavy atom. The van der Waals surface area contributed by atoms with Gasteiger partial charge in [0.2, 0.25) is 5.91 Å². The van der Waals surface area contributed by atoms with Crippen LogP contribution in [0.1, 0.15) is 26.7 Å². The van der Waals surface area contributed by atoms with Gasteiger partial charge in [-0.15, -0.1) is 0 Å². The van der Waals surface area contributed by atoms with Crippen molar-refractivity contribution < 1.29 is 18.0 Å². The summed E-state index contributed by atoms with van der Waals surface area (Å²) in [6.07, 6.45) is -4.75. The fourth-order valence-electron chi connectivity index (χ4n) is 0.929. The van der Waals surface area contributed by atoms with E-state index in [1.807, 2.05) is 0 Å². The molecule has 1 atom stereocenters. The number of nitrogens with one attached hydrogen (secondary N) is 1. The average molecular weight is 226 g/mol. The molecule has 0 saturated carbocycles. The van der Waals surface area contributed by atoms with Crippen LogP contribution in [0.15, 0.2) is 0 Å². The number of amides is 1. The van der Waals surface area contributed by atoms with Crippen LogP contribution >= 0.6 is 0 Å². The molecule has 0 aliphatic rings. The summed E-state index contributed by atoms with van der Waals surface area (Å²) in [5.41, 5.74) is 4.62. The first-order valence-corrected chi connectivity index (χ1v) is 4.80. The van der Waals surface area contributed by atoms with Crippen molar-refractivity contribution >= 4 is 5.91 Å². The van der Waals surface area contributed by atoms with Crippen molar-refractivity contribution in [3.05, 3.63) is 0 Å². The lowest BCUT2D eigenvalue weighted by Crippen LogP contribution is -2.44. The topological polar surface area (TPSA) is 55.1 Å². The number of rotatable bonds is 5. The highest BCUT2D eigenvalue weighted by molar-refractivity contribution is 5.82. The molecule has 0 bridgehead atoms. The van der Waals surface area contributed by atoms with E-state index in [4.69, 9.17) is 5.73 Å². The van der Waals surface area contributed by atoms with Crippen molar-refractivity contribution in [3.63, 3.8) is 0 Å². The lowest BCUT2D eigenvalue weighted by molar-refractivity contribution is -0.138. The van der Waals surface area contributed by atoms with Crippen LogP contribution in [0.4, 0.5) is 13.2 Å². The normalized spacial score (nSPS) is 15.9. The fourth-order valence-corrected chi connectivity index (χ4v) is 0.929. The zero-order valence-electron chi connectivity index (χ0n) is 8.95. The van der Waals surface area contributed by atoms with Crippen LogP contribution in [0, 0.1) is 5.41 Å². The minimum atomic E-state index is -4.24. The van der Waals surface area contributed by atoms with Crippen LogP contribution in [0.3, 0.4) is 0 Å². The van der Waals surface area contributed by atoms with E-state index >= 15 is 0 Å². The highest BCUT2D eigenvalue weighted by Gasteiger charge is 2.31. The summed E-state index contributed by atoms with van der Waals surface area (Å²) >= 11 is 0. The molecule has 0 fully saturated rings. The van der Waals surface area contributed by atoms with Gasteiger partial charge in [0.25, 0.3) is 0 Å². The number of carbonyl (C=O) groups is 1. The zero-order chi connectivity index (χ0) is 12.1. The maximum atomic E-state index is 11.8. The van der Waals surface area contributed by atoms with E-state index < -0.39 is 30.5 Å². The first-order chi connectivity index (χ1) is 6.75. The highest BCUT2D eigenvalue weighted by Crippen LogP contribution is 2.21. The predicted molar refractivity (Wildman–Crippen MR) is 51.1 cm³/mol. The summed E-state index contributed by atoms with van der Waals surface area (Å²) in [6, 6.07) is 0. The number of nitrogens with two attached hydrogens (primary N) is 1. The molecule has 90 valence electrons. The lowest BCUT2D eigenvalue weighted by Gasteiger charge is -2.25. The third kappa shape index (κ3) is 5.01. The van der Waals surface area contributed by atoms with Crippen molar-refractivity contribution in [1.82, 2.24) is 5.32 Å². The van der Waals surface area contributed by atoms with Crippen LogP contribution < -0.4 is 11.1 Å². The van der Waals surface area contributed by atoms with Gasteiger partial charge in [-0.2, -0.15) is 13.2 Å². The van der Waals surface area contributed by atoms with Gasteiger partial charge in [-0.1, -0.05) is 6.92 Å². The summed E-state index contributed by atoms with van der Waals surface area (Å²) < 4.78 is 35.4. The van der Waals surface area contributed by atoms with Gasteiger partial charge in [0.1, 0.15) is 0 Å². The zero-order valence-corrected chi connectivity index (χ0v) is 8.95. The second kappa shape index (κ2) is 5.34. The predicted octanol–water partition coefficient (Wildman–Crippen LogP) is 1.43. The number of hydrogen-bond acceptors (Lipinski definition) is 2. The van der Waals surface area contributed by atoms with Gasteiger partial charge < -0.3 is 11.1 Å². The van der Waals surface area contributed by atoms with Gasteiger partial charge in [-0.25, -0.2) is 0 Å². The maximum absolute atomic E-state index is 11.8. The van der Waals surface area contributed by atoms with Gasteiger partial charge in [0.05, 0.1) is 11.8 Å². The van der Waals surface area contributed by atoms with Crippen LogP contribution in [0.25, 0.3) is 0 Å². The summed E-state index contributed by atoms with van der Waals surface area (Å²) in [5, 5.41) is 2.24. The van der Waals surface area contributed by atoms with Crippen molar-refractivity contribution in [2.45, 2.75) is 32.9 Å². The number of hydrogen-bond donors (Lipinski definition) is 2. The summed E-state index contributed by atoms with van der Waals surface area (Å²) in [4.78, 5) is 11.5. The van der Waals surface area contributed by atoms with Gasteiger partial charge in [0, 0.05) is 13.1 Å². The molecule has 1 amide bonds. The first kappa shape index (κ1) is 14.2. The van der Waals surface area contributed by atoms with Gasteiger partial charge >= 0.3 is 6.18 Å². The first-order valence-electron chi connectivity index (χ1n) is 4.80. The summed E-state index contributed by atoms with van der Waals surface area (Å²) in [5.74, 6) is -0.420. The van der Waals surface area contributed by atoms with E-state index in [9.17, 15) is 18.0 Å².